The maximum Gasteiger partial charge on any atom is 0.257 e. The second-order valence-corrected chi connectivity index (χ2v) is 9.16. The van der Waals surface area contributed by atoms with Crippen molar-refractivity contribution in [3.05, 3.63) is 44.9 Å². The highest BCUT2D eigenvalue weighted by Crippen LogP contribution is 2.40. The minimum atomic E-state index is -0.107. The molecule has 0 saturated carbocycles. The normalized spacial score (nSPS) is 17.7. The van der Waals surface area contributed by atoms with Crippen LogP contribution in [0.5, 0.6) is 0 Å². The van der Waals surface area contributed by atoms with E-state index < -0.39 is 0 Å². The van der Waals surface area contributed by atoms with Gasteiger partial charge in [-0.05, 0) is 48.8 Å². The number of hydrogen-bond donors (Lipinski definition) is 1. The van der Waals surface area contributed by atoms with Crippen molar-refractivity contribution < 1.29 is 4.79 Å². The first-order chi connectivity index (χ1) is 10.8. The highest BCUT2D eigenvalue weighted by molar-refractivity contribution is 9.10. The monoisotopic (exact) mass is 392 g/mol. The Morgan fingerprint density at radius 2 is 2.17 bits per heavy atom. The molecule has 2 aromatic rings. The zero-order valence-electron chi connectivity index (χ0n) is 13.6. The zero-order chi connectivity index (χ0) is 16.6. The Labute approximate surface area is 149 Å². The molecule has 1 atom stereocenters. The molecule has 1 heterocycles. The number of amides is 1. The van der Waals surface area contributed by atoms with Gasteiger partial charge in [0.2, 0.25) is 0 Å². The Morgan fingerprint density at radius 3 is 2.87 bits per heavy atom. The number of thiazole rings is 1. The molecule has 0 radical (unpaired) electrons. The van der Waals surface area contributed by atoms with Crippen LogP contribution < -0.4 is 5.32 Å². The first kappa shape index (κ1) is 16.7. The summed E-state index contributed by atoms with van der Waals surface area (Å²) in [6.07, 6.45) is 3.27. The SMILES string of the molecule is CC(C)(C)C1CCc2nc(NC(=O)c3cccc(Br)c3)sc2C1. The molecule has 23 heavy (non-hydrogen) atoms. The van der Waals surface area contributed by atoms with Crippen molar-refractivity contribution in [1.82, 2.24) is 4.98 Å². The number of carbonyl (C=O) groups excluding carboxylic acids is 1. The molecule has 0 spiro atoms. The summed E-state index contributed by atoms with van der Waals surface area (Å²) in [4.78, 5) is 18.3. The van der Waals surface area contributed by atoms with Gasteiger partial charge in [-0.15, -0.1) is 11.3 Å². The zero-order valence-corrected chi connectivity index (χ0v) is 16.1. The summed E-state index contributed by atoms with van der Waals surface area (Å²) >= 11 is 5.02. The highest BCUT2D eigenvalue weighted by Gasteiger charge is 2.30. The van der Waals surface area contributed by atoms with Crippen LogP contribution in [-0.4, -0.2) is 10.9 Å². The molecule has 122 valence electrons. The van der Waals surface area contributed by atoms with E-state index in [9.17, 15) is 4.79 Å². The summed E-state index contributed by atoms with van der Waals surface area (Å²) in [7, 11) is 0. The fourth-order valence-corrected chi connectivity index (χ4v) is 4.45. The van der Waals surface area contributed by atoms with Crippen molar-refractivity contribution in [2.24, 2.45) is 11.3 Å². The van der Waals surface area contributed by atoms with Crippen molar-refractivity contribution in [2.75, 3.05) is 5.32 Å². The fraction of sp³-hybridized carbons (Fsp3) is 0.444. The summed E-state index contributed by atoms with van der Waals surface area (Å²) in [5.41, 5.74) is 2.13. The van der Waals surface area contributed by atoms with Gasteiger partial charge < -0.3 is 0 Å². The van der Waals surface area contributed by atoms with Crippen LogP contribution >= 0.6 is 27.3 Å². The number of benzene rings is 1. The first-order valence-corrected chi connectivity index (χ1v) is 9.49. The molecule has 5 heteroatoms. The number of aromatic nitrogens is 1. The van der Waals surface area contributed by atoms with E-state index in [0.717, 1.165) is 22.4 Å². The Morgan fingerprint density at radius 1 is 1.39 bits per heavy atom. The van der Waals surface area contributed by atoms with Crippen LogP contribution in [0.1, 0.15) is 48.1 Å². The molecule has 3 nitrogen and oxygen atoms in total. The Hall–Kier alpha value is -1.20. The number of aryl methyl sites for hydroxylation is 1. The second-order valence-electron chi connectivity index (χ2n) is 7.16. The molecule has 1 aliphatic rings. The molecule has 0 bridgehead atoms. The topological polar surface area (TPSA) is 42.0 Å². The number of nitrogens with zero attached hydrogens (tertiary/aromatic N) is 1. The third-order valence-corrected chi connectivity index (χ3v) is 6.00. The van der Waals surface area contributed by atoms with Crippen molar-refractivity contribution in [2.45, 2.75) is 40.0 Å². The second kappa shape index (κ2) is 6.36. The van der Waals surface area contributed by atoms with E-state index in [1.54, 1.807) is 11.3 Å². The van der Waals surface area contributed by atoms with Crippen molar-refractivity contribution in [1.29, 1.82) is 0 Å². The summed E-state index contributed by atoms with van der Waals surface area (Å²) in [5.74, 6) is 0.578. The van der Waals surface area contributed by atoms with Crippen LogP contribution in [0.15, 0.2) is 28.7 Å². The first-order valence-electron chi connectivity index (χ1n) is 7.88. The van der Waals surface area contributed by atoms with Crippen LogP contribution in [0.25, 0.3) is 0 Å². The molecule has 1 N–H and O–H groups in total. The predicted octanol–water partition coefficient (Wildman–Crippen LogP) is 5.31. The van der Waals surface area contributed by atoms with Crippen LogP contribution in [0.4, 0.5) is 5.13 Å². The molecule has 1 aromatic heterocycles. The average Bonchev–Trinajstić information content (AvgIpc) is 2.87. The third-order valence-electron chi connectivity index (χ3n) is 4.47. The van der Waals surface area contributed by atoms with Crippen molar-refractivity contribution >= 4 is 38.3 Å². The Balaban J connectivity index is 1.74. The number of carbonyl (C=O) groups is 1. The van der Waals surface area contributed by atoms with Gasteiger partial charge in [0, 0.05) is 14.9 Å². The molecular weight excluding hydrogens is 372 g/mol. The number of anilines is 1. The van der Waals surface area contributed by atoms with Crippen LogP contribution in [0, 0.1) is 11.3 Å². The van der Waals surface area contributed by atoms with Gasteiger partial charge in [-0.1, -0.05) is 42.8 Å². The lowest BCUT2D eigenvalue weighted by atomic mass is 9.73. The molecule has 1 aliphatic carbocycles. The summed E-state index contributed by atoms with van der Waals surface area (Å²) < 4.78 is 0.900. The number of rotatable bonds is 2. The van der Waals surface area contributed by atoms with E-state index >= 15 is 0 Å². The van der Waals surface area contributed by atoms with E-state index in [2.05, 4.69) is 47.0 Å². The molecule has 1 amide bonds. The van der Waals surface area contributed by atoms with Crippen LogP contribution in [0.3, 0.4) is 0 Å². The number of hydrogen-bond acceptors (Lipinski definition) is 3. The van der Waals surface area contributed by atoms with Crippen LogP contribution in [-0.2, 0) is 12.8 Å². The largest absolute Gasteiger partial charge is 0.298 e. The van der Waals surface area contributed by atoms with Gasteiger partial charge in [-0.25, -0.2) is 4.98 Å². The van der Waals surface area contributed by atoms with Gasteiger partial charge in [0.15, 0.2) is 5.13 Å². The van der Waals surface area contributed by atoms with Gasteiger partial charge >= 0.3 is 0 Å². The van der Waals surface area contributed by atoms with Gasteiger partial charge in [0.05, 0.1) is 5.69 Å². The molecule has 0 fully saturated rings. The lowest BCUT2D eigenvalue weighted by Gasteiger charge is -2.33. The summed E-state index contributed by atoms with van der Waals surface area (Å²) in [6, 6.07) is 7.40. The lowest BCUT2D eigenvalue weighted by molar-refractivity contribution is 0.102. The van der Waals surface area contributed by atoms with Gasteiger partial charge in [-0.2, -0.15) is 0 Å². The maximum atomic E-state index is 12.3. The molecule has 1 unspecified atom stereocenters. The number of nitrogens with one attached hydrogen (secondary N) is 1. The minimum absolute atomic E-state index is 0.107. The van der Waals surface area contributed by atoms with E-state index in [4.69, 9.17) is 0 Å². The average molecular weight is 393 g/mol. The number of fused-ring (bicyclic) bond motifs is 1. The Bertz CT molecular complexity index is 733. The van der Waals surface area contributed by atoms with Crippen molar-refractivity contribution in [3.63, 3.8) is 0 Å². The molecular formula is C18H21BrN2OS. The molecule has 3 rings (SSSR count). The molecule has 0 aliphatic heterocycles. The quantitative estimate of drug-likeness (QED) is 0.752. The lowest BCUT2D eigenvalue weighted by Crippen LogP contribution is -2.26. The fourth-order valence-electron chi connectivity index (χ4n) is 2.97. The minimum Gasteiger partial charge on any atom is -0.298 e. The maximum absolute atomic E-state index is 12.3. The third kappa shape index (κ3) is 3.83. The van der Waals surface area contributed by atoms with Crippen LogP contribution in [0.2, 0.25) is 0 Å². The van der Waals surface area contributed by atoms with E-state index in [-0.39, 0.29) is 5.91 Å². The van der Waals surface area contributed by atoms with Crippen molar-refractivity contribution in [3.8, 4) is 0 Å². The highest BCUT2D eigenvalue weighted by atomic mass is 79.9. The summed E-state index contributed by atoms with van der Waals surface area (Å²) in [5, 5.41) is 3.66. The van der Waals surface area contributed by atoms with E-state index in [1.165, 1.54) is 17.0 Å². The standard InChI is InChI=1S/C18H21BrN2OS/c1-18(2,3)12-7-8-14-15(10-12)23-17(20-14)21-16(22)11-5-4-6-13(19)9-11/h4-6,9,12H,7-8,10H2,1-3H3,(H,20,21,22). The molecule has 0 saturated heterocycles. The van der Waals surface area contributed by atoms with Gasteiger partial charge in [0.1, 0.15) is 0 Å². The van der Waals surface area contributed by atoms with Gasteiger partial charge in [0.25, 0.3) is 5.91 Å². The Kier molecular flexibility index (Phi) is 4.61. The smallest absolute Gasteiger partial charge is 0.257 e. The summed E-state index contributed by atoms with van der Waals surface area (Å²) in [6.45, 7) is 6.92. The van der Waals surface area contributed by atoms with Gasteiger partial charge in [-0.3, -0.25) is 10.1 Å². The number of halogens is 1. The van der Waals surface area contributed by atoms with E-state index in [1.807, 2.05) is 24.3 Å². The van der Waals surface area contributed by atoms with E-state index in [0.29, 0.717) is 16.9 Å². The predicted molar refractivity (Wildman–Crippen MR) is 99.2 cm³/mol. The molecule has 1 aromatic carbocycles.